The number of pyridine rings is 1. The van der Waals surface area contributed by atoms with Crippen molar-refractivity contribution < 1.29 is 23.1 Å². The highest BCUT2D eigenvalue weighted by molar-refractivity contribution is 7.92. The van der Waals surface area contributed by atoms with Crippen LogP contribution in [0.1, 0.15) is 18.4 Å². The number of hydrogen-bond donors (Lipinski definition) is 2. The molecule has 1 aromatic rings. The molecule has 0 spiro atoms. The second-order valence-corrected chi connectivity index (χ2v) is 6.43. The first-order valence-electron chi connectivity index (χ1n) is 6.44. The molecule has 2 heterocycles. The van der Waals surface area contributed by atoms with E-state index in [-0.39, 0.29) is 17.7 Å². The molecule has 1 aromatic heterocycles. The van der Waals surface area contributed by atoms with Crippen molar-refractivity contribution in [3.63, 3.8) is 0 Å². The van der Waals surface area contributed by atoms with Crippen LogP contribution in [0.2, 0.25) is 0 Å². The van der Waals surface area contributed by atoms with Crippen LogP contribution in [0.15, 0.2) is 24.4 Å². The summed E-state index contributed by atoms with van der Waals surface area (Å²) in [5, 5.41) is 8.56. The van der Waals surface area contributed by atoms with E-state index in [4.69, 9.17) is 9.84 Å². The van der Waals surface area contributed by atoms with Gasteiger partial charge in [-0.3, -0.25) is 4.72 Å². The number of sulfonamides is 1. The van der Waals surface area contributed by atoms with Crippen molar-refractivity contribution in [1.29, 1.82) is 0 Å². The monoisotopic (exact) mass is 312 g/mol. The van der Waals surface area contributed by atoms with E-state index in [1.54, 1.807) is 6.07 Å². The Morgan fingerprint density at radius 3 is 3.05 bits per heavy atom. The van der Waals surface area contributed by atoms with Crippen molar-refractivity contribution in [3.8, 4) is 0 Å². The largest absolute Gasteiger partial charge is 0.478 e. The molecule has 8 heteroatoms. The van der Waals surface area contributed by atoms with E-state index in [2.05, 4.69) is 9.71 Å². The zero-order valence-corrected chi connectivity index (χ0v) is 12.0. The zero-order valence-electron chi connectivity index (χ0n) is 11.2. The van der Waals surface area contributed by atoms with Gasteiger partial charge in [0.15, 0.2) is 0 Å². The van der Waals surface area contributed by atoms with Gasteiger partial charge in [0.05, 0.1) is 11.9 Å². The van der Waals surface area contributed by atoms with E-state index in [1.165, 1.54) is 18.3 Å². The maximum atomic E-state index is 12.0. The fourth-order valence-corrected chi connectivity index (χ4v) is 3.26. The molecule has 0 amide bonds. The van der Waals surface area contributed by atoms with Gasteiger partial charge < -0.3 is 9.84 Å². The molecule has 0 saturated carbocycles. The van der Waals surface area contributed by atoms with Gasteiger partial charge in [-0.15, -0.1) is 0 Å². The molecule has 0 aliphatic carbocycles. The van der Waals surface area contributed by atoms with Gasteiger partial charge >= 0.3 is 5.97 Å². The normalized spacial score (nSPS) is 19.0. The van der Waals surface area contributed by atoms with Crippen LogP contribution in [0.25, 0.3) is 6.08 Å². The third-order valence-electron chi connectivity index (χ3n) is 2.89. The number of hydrogen-bond acceptors (Lipinski definition) is 5. The van der Waals surface area contributed by atoms with Crippen LogP contribution in [-0.2, 0) is 19.6 Å². The number of aliphatic carboxylic acids is 1. The van der Waals surface area contributed by atoms with Crippen molar-refractivity contribution in [2.24, 2.45) is 0 Å². The summed E-state index contributed by atoms with van der Waals surface area (Å²) in [5.74, 6) is -1.03. The number of nitrogens with zero attached hydrogens (tertiary/aromatic N) is 1. The quantitative estimate of drug-likeness (QED) is 0.762. The van der Waals surface area contributed by atoms with Gasteiger partial charge in [-0.2, -0.15) is 0 Å². The standard InChI is InChI=1S/C13H16N2O5S/c16-13(17)4-3-10-5-6-14-12(8-10)15-21(18,19)9-11-2-1-7-20-11/h3-6,8,11H,1-2,7,9H2,(H,14,15)(H,16,17)/b4-3+. The van der Waals surface area contributed by atoms with Crippen LogP contribution in [0.4, 0.5) is 5.82 Å². The molecule has 0 bridgehead atoms. The first-order chi connectivity index (χ1) is 9.94. The van der Waals surface area contributed by atoms with Gasteiger partial charge in [0.25, 0.3) is 0 Å². The van der Waals surface area contributed by atoms with Crippen LogP contribution < -0.4 is 4.72 Å². The van der Waals surface area contributed by atoms with E-state index >= 15 is 0 Å². The summed E-state index contributed by atoms with van der Waals surface area (Å²) < 4.78 is 31.7. The SMILES string of the molecule is O=C(O)/C=C/c1ccnc(NS(=O)(=O)CC2CCCO2)c1. The predicted molar refractivity (Wildman–Crippen MR) is 77.3 cm³/mol. The van der Waals surface area contributed by atoms with Crippen molar-refractivity contribution >= 4 is 27.9 Å². The lowest BCUT2D eigenvalue weighted by molar-refractivity contribution is -0.131. The summed E-state index contributed by atoms with van der Waals surface area (Å²) in [5.41, 5.74) is 0.544. The summed E-state index contributed by atoms with van der Waals surface area (Å²) in [4.78, 5) is 14.4. The number of rotatable bonds is 6. The summed E-state index contributed by atoms with van der Waals surface area (Å²) in [6.07, 6.45) is 5.06. The maximum Gasteiger partial charge on any atom is 0.328 e. The van der Waals surface area contributed by atoms with Crippen molar-refractivity contribution in [2.75, 3.05) is 17.1 Å². The lowest BCUT2D eigenvalue weighted by Gasteiger charge is -2.11. The average Bonchev–Trinajstić information content (AvgIpc) is 2.88. The zero-order chi connectivity index (χ0) is 15.3. The second-order valence-electron chi connectivity index (χ2n) is 4.66. The molecular weight excluding hydrogens is 296 g/mol. The molecular formula is C13H16N2O5S. The first-order valence-corrected chi connectivity index (χ1v) is 8.09. The Hall–Kier alpha value is -1.93. The average molecular weight is 312 g/mol. The van der Waals surface area contributed by atoms with Gasteiger partial charge in [0.2, 0.25) is 10.0 Å². The van der Waals surface area contributed by atoms with Crippen LogP contribution >= 0.6 is 0 Å². The molecule has 21 heavy (non-hydrogen) atoms. The molecule has 1 fully saturated rings. The highest BCUT2D eigenvalue weighted by atomic mass is 32.2. The van der Waals surface area contributed by atoms with E-state index in [9.17, 15) is 13.2 Å². The molecule has 1 aliphatic rings. The molecule has 1 aliphatic heterocycles. The molecule has 0 aromatic carbocycles. The Kier molecular flexibility index (Phi) is 4.92. The molecule has 114 valence electrons. The van der Waals surface area contributed by atoms with Crippen LogP contribution in [-0.4, -0.2) is 42.9 Å². The summed E-state index contributed by atoms with van der Waals surface area (Å²) in [6.45, 7) is 0.591. The Labute approximate surface area is 122 Å². The van der Waals surface area contributed by atoms with Gasteiger partial charge in [-0.05, 0) is 36.6 Å². The number of carboxylic acids is 1. The number of nitrogens with one attached hydrogen (secondary N) is 1. The summed E-state index contributed by atoms with van der Waals surface area (Å²) in [6, 6.07) is 3.05. The third kappa shape index (κ3) is 5.16. The molecule has 2 N–H and O–H groups in total. The molecule has 0 radical (unpaired) electrons. The molecule has 1 unspecified atom stereocenters. The number of aromatic nitrogens is 1. The Balaban J connectivity index is 2.04. The maximum absolute atomic E-state index is 12.0. The first kappa shape index (κ1) is 15.5. The Morgan fingerprint density at radius 1 is 1.57 bits per heavy atom. The summed E-state index contributed by atoms with van der Waals surface area (Å²) in [7, 11) is -3.54. The molecule has 2 rings (SSSR count). The minimum absolute atomic E-state index is 0.107. The topological polar surface area (TPSA) is 106 Å². The van der Waals surface area contributed by atoms with Gasteiger partial charge in [0.1, 0.15) is 5.82 Å². The Bertz CT molecular complexity index is 636. The van der Waals surface area contributed by atoms with Crippen LogP contribution in [0, 0.1) is 0 Å². The smallest absolute Gasteiger partial charge is 0.328 e. The van der Waals surface area contributed by atoms with E-state index in [1.807, 2.05) is 0 Å². The fraction of sp³-hybridized carbons (Fsp3) is 0.385. The molecule has 1 atom stereocenters. The van der Waals surface area contributed by atoms with Crippen LogP contribution in [0.3, 0.4) is 0 Å². The molecule has 7 nitrogen and oxygen atoms in total. The lowest BCUT2D eigenvalue weighted by Crippen LogP contribution is -2.26. The van der Waals surface area contributed by atoms with Crippen molar-refractivity contribution in [2.45, 2.75) is 18.9 Å². The Morgan fingerprint density at radius 2 is 2.38 bits per heavy atom. The number of carbonyl (C=O) groups is 1. The lowest BCUT2D eigenvalue weighted by atomic mass is 10.2. The number of anilines is 1. The van der Waals surface area contributed by atoms with Gasteiger partial charge in [-0.1, -0.05) is 0 Å². The highest BCUT2D eigenvalue weighted by Gasteiger charge is 2.23. The molecule has 1 saturated heterocycles. The van der Waals surface area contributed by atoms with E-state index in [0.29, 0.717) is 12.2 Å². The minimum atomic E-state index is -3.54. The van der Waals surface area contributed by atoms with Gasteiger partial charge in [-0.25, -0.2) is 18.2 Å². The minimum Gasteiger partial charge on any atom is -0.478 e. The third-order valence-corrected chi connectivity index (χ3v) is 4.22. The van der Waals surface area contributed by atoms with Crippen LogP contribution in [0.5, 0.6) is 0 Å². The van der Waals surface area contributed by atoms with E-state index in [0.717, 1.165) is 18.9 Å². The number of carboxylic acid groups (broad SMARTS) is 1. The predicted octanol–water partition coefficient (Wildman–Crippen LogP) is 1.10. The van der Waals surface area contributed by atoms with Crippen molar-refractivity contribution in [1.82, 2.24) is 4.98 Å². The highest BCUT2D eigenvalue weighted by Crippen LogP contribution is 2.16. The second kappa shape index (κ2) is 6.68. The van der Waals surface area contributed by atoms with Gasteiger partial charge in [0, 0.05) is 18.9 Å². The van der Waals surface area contributed by atoms with Crippen molar-refractivity contribution in [3.05, 3.63) is 30.0 Å². The number of ether oxygens (including phenoxy) is 1. The van der Waals surface area contributed by atoms with E-state index < -0.39 is 16.0 Å². The fourth-order valence-electron chi connectivity index (χ4n) is 2.00. The summed E-state index contributed by atoms with van der Waals surface area (Å²) >= 11 is 0.